The molecule has 2 aromatic carbocycles. The quantitative estimate of drug-likeness (QED) is 0.259. The first kappa shape index (κ1) is 27.1. The van der Waals surface area contributed by atoms with E-state index in [2.05, 4.69) is 20.5 Å². The van der Waals surface area contributed by atoms with Gasteiger partial charge in [-0.3, -0.25) is 9.89 Å². The lowest BCUT2D eigenvalue weighted by Crippen LogP contribution is -2.41. The Kier molecular flexibility index (Phi) is 12.3. The van der Waals surface area contributed by atoms with Crippen LogP contribution in [-0.2, 0) is 11.3 Å². The van der Waals surface area contributed by atoms with E-state index in [0.717, 1.165) is 44.2 Å². The number of nitrogens with one attached hydrogen (secondary N) is 2. The maximum absolute atomic E-state index is 13.3. The van der Waals surface area contributed by atoms with Crippen molar-refractivity contribution in [3.05, 3.63) is 59.9 Å². The molecule has 1 unspecified atom stereocenters. The van der Waals surface area contributed by atoms with E-state index in [1.54, 1.807) is 19.2 Å². The lowest BCUT2D eigenvalue weighted by atomic mass is 10.2. The van der Waals surface area contributed by atoms with Gasteiger partial charge in [-0.2, -0.15) is 0 Å². The van der Waals surface area contributed by atoms with Crippen LogP contribution in [0.4, 0.5) is 4.39 Å². The SMILES string of the molecule is CN=C(NCc1ccccc1OCCN1CCOCC1)NCC(C)Oc1cccc(F)c1.I. The van der Waals surface area contributed by atoms with E-state index in [0.29, 0.717) is 31.4 Å². The second-order valence-corrected chi connectivity index (χ2v) is 7.60. The zero-order valence-electron chi connectivity index (χ0n) is 19.3. The van der Waals surface area contributed by atoms with Crippen molar-refractivity contribution in [2.75, 3.05) is 53.0 Å². The standard InChI is InChI=1S/C24H33FN4O3.HI/c1-19(32-22-8-5-7-21(25)16-22)17-27-24(26-2)28-18-20-6-3-4-9-23(20)31-15-12-29-10-13-30-14-11-29;/h3-9,16,19H,10-15,17-18H2,1-2H3,(H2,26,27,28);1H. The van der Waals surface area contributed by atoms with Crippen molar-refractivity contribution in [1.82, 2.24) is 15.5 Å². The molecule has 1 saturated heterocycles. The third kappa shape index (κ3) is 9.73. The monoisotopic (exact) mass is 572 g/mol. The van der Waals surface area contributed by atoms with Gasteiger partial charge in [0.05, 0.1) is 19.8 Å². The van der Waals surface area contributed by atoms with Gasteiger partial charge in [0.1, 0.15) is 30.0 Å². The topological polar surface area (TPSA) is 67.4 Å². The average molecular weight is 572 g/mol. The maximum Gasteiger partial charge on any atom is 0.191 e. The number of hydrogen-bond acceptors (Lipinski definition) is 5. The van der Waals surface area contributed by atoms with Crippen LogP contribution in [0.2, 0.25) is 0 Å². The summed E-state index contributed by atoms with van der Waals surface area (Å²) in [5, 5.41) is 6.55. The molecule has 0 aromatic heterocycles. The van der Waals surface area contributed by atoms with E-state index >= 15 is 0 Å². The van der Waals surface area contributed by atoms with Gasteiger partial charge in [-0.25, -0.2) is 4.39 Å². The number of hydrogen-bond donors (Lipinski definition) is 2. The molecular formula is C24H34FIN4O3. The van der Waals surface area contributed by atoms with Crippen molar-refractivity contribution in [3.63, 3.8) is 0 Å². The van der Waals surface area contributed by atoms with Crippen LogP contribution in [0.15, 0.2) is 53.5 Å². The summed E-state index contributed by atoms with van der Waals surface area (Å²) in [5.74, 6) is 1.71. The molecule has 1 atom stereocenters. The second-order valence-electron chi connectivity index (χ2n) is 7.60. The van der Waals surface area contributed by atoms with Crippen LogP contribution in [0.3, 0.4) is 0 Å². The number of halogens is 2. The molecule has 0 spiro atoms. The summed E-state index contributed by atoms with van der Waals surface area (Å²) in [4.78, 5) is 6.62. The van der Waals surface area contributed by atoms with Gasteiger partial charge in [-0.1, -0.05) is 24.3 Å². The van der Waals surface area contributed by atoms with Crippen LogP contribution < -0.4 is 20.1 Å². The predicted octanol–water partition coefficient (Wildman–Crippen LogP) is 3.29. The summed E-state index contributed by atoms with van der Waals surface area (Å²) in [6.45, 7) is 8.03. The fraction of sp³-hybridized carbons (Fsp3) is 0.458. The summed E-state index contributed by atoms with van der Waals surface area (Å²) in [6.07, 6.45) is -0.161. The first-order chi connectivity index (χ1) is 15.6. The van der Waals surface area contributed by atoms with Crippen LogP contribution >= 0.6 is 24.0 Å². The number of morpholine rings is 1. The smallest absolute Gasteiger partial charge is 0.191 e. The fourth-order valence-electron chi connectivity index (χ4n) is 3.35. The van der Waals surface area contributed by atoms with E-state index in [4.69, 9.17) is 14.2 Å². The summed E-state index contributed by atoms with van der Waals surface area (Å²) in [5.41, 5.74) is 1.06. The lowest BCUT2D eigenvalue weighted by molar-refractivity contribution is 0.0322. The molecule has 9 heteroatoms. The molecule has 1 aliphatic heterocycles. The highest BCUT2D eigenvalue weighted by atomic mass is 127. The minimum atomic E-state index is -0.314. The van der Waals surface area contributed by atoms with Crippen molar-refractivity contribution < 1.29 is 18.6 Å². The van der Waals surface area contributed by atoms with Crippen LogP contribution in [0.1, 0.15) is 12.5 Å². The van der Waals surface area contributed by atoms with E-state index in [1.807, 2.05) is 31.2 Å². The molecule has 182 valence electrons. The van der Waals surface area contributed by atoms with Crippen molar-refractivity contribution in [1.29, 1.82) is 0 Å². The molecule has 2 aromatic rings. The maximum atomic E-state index is 13.3. The molecule has 1 aliphatic rings. The second kappa shape index (κ2) is 14.9. The highest BCUT2D eigenvalue weighted by molar-refractivity contribution is 14.0. The molecule has 2 N–H and O–H groups in total. The Morgan fingerprint density at radius 3 is 2.70 bits per heavy atom. The molecular weight excluding hydrogens is 538 g/mol. The number of benzene rings is 2. The van der Waals surface area contributed by atoms with Crippen molar-refractivity contribution in [2.45, 2.75) is 19.6 Å². The third-order valence-corrected chi connectivity index (χ3v) is 5.10. The molecule has 0 aliphatic carbocycles. The normalized spacial score (nSPS) is 15.3. The Morgan fingerprint density at radius 1 is 1.15 bits per heavy atom. The Labute approximate surface area is 212 Å². The third-order valence-electron chi connectivity index (χ3n) is 5.10. The van der Waals surface area contributed by atoms with E-state index in [9.17, 15) is 4.39 Å². The summed E-state index contributed by atoms with van der Waals surface area (Å²) < 4.78 is 30.5. The van der Waals surface area contributed by atoms with Gasteiger partial charge in [0.15, 0.2) is 5.96 Å². The fourth-order valence-corrected chi connectivity index (χ4v) is 3.35. The Hall–Kier alpha value is -2.11. The summed E-state index contributed by atoms with van der Waals surface area (Å²) in [7, 11) is 1.72. The zero-order valence-corrected chi connectivity index (χ0v) is 21.6. The predicted molar refractivity (Wildman–Crippen MR) is 139 cm³/mol. The number of nitrogens with zero attached hydrogens (tertiary/aromatic N) is 2. The highest BCUT2D eigenvalue weighted by Gasteiger charge is 2.11. The molecule has 0 saturated carbocycles. The molecule has 1 fully saturated rings. The summed E-state index contributed by atoms with van der Waals surface area (Å²) >= 11 is 0. The van der Waals surface area contributed by atoms with Crippen LogP contribution in [0, 0.1) is 5.82 Å². The van der Waals surface area contributed by atoms with Crippen LogP contribution in [-0.4, -0.2) is 70.0 Å². The summed E-state index contributed by atoms with van der Waals surface area (Å²) in [6, 6.07) is 14.1. The minimum Gasteiger partial charge on any atom is -0.492 e. The minimum absolute atomic E-state index is 0. The molecule has 7 nitrogen and oxygen atoms in total. The van der Waals surface area contributed by atoms with Gasteiger partial charge in [0.25, 0.3) is 0 Å². The molecule has 0 radical (unpaired) electrons. The molecule has 0 amide bonds. The van der Waals surface area contributed by atoms with Crippen LogP contribution in [0.25, 0.3) is 0 Å². The molecule has 3 rings (SSSR count). The van der Waals surface area contributed by atoms with Gasteiger partial charge in [-0.15, -0.1) is 24.0 Å². The molecule has 0 bridgehead atoms. The van der Waals surface area contributed by atoms with Gasteiger partial charge in [0.2, 0.25) is 0 Å². The van der Waals surface area contributed by atoms with Gasteiger partial charge >= 0.3 is 0 Å². The lowest BCUT2D eigenvalue weighted by Gasteiger charge is -2.26. The van der Waals surface area contributed by atoms with Crippen molar-refractivity contribution in [3.8, 4) is 11.5 Å². The number of para-hydroxylation sites is 1. The van der Waals surface area contributed by atoms with Crippen molar-refractivity contribution >= 4 is 29.9 Å². The largest absolute Gasteiger partial charge is 0.492 e. The molecule has 1 heterocycles. The van der Waals surface area contributed by atoms with Gasteiger partial charge in [-0.05, 0) is 25.1 Å². The zero-order chi connectivity index (χ0) is 22.6. The van der Waals surface area contributed by atoms with E-state index < -0.39 is 0 Å². The average Bonchev–Trinajstić information content (AvgIpc) is 2.81. The van der Waals surface area contributed by atoms with Gasteiger partial charge < -0.3 is 24.8 Å². The van der Waals surface area contributed by atoms with Crippen molar-refractivity contribution in [2.24, 2.45) is 4.99 Å². The molecule has 33 heavy (non-hydrogen) atoms. The Balaban J connectivity index is 0.00000385. The van der Waals surface area contributed by atoms with E-state index in [-0.39, 0.29) is 35.9 Å². The first-order valence-electron chi connectivity index (χ1n) is 11.0. The first-order valence-corrected chi connectivity index (χ1v) is 11.0. The van der Waals surface area contributed by atoms with E-state index in [1.165, 1.54) is 12.1 Å². The number of guanidine groups is 1. The highest BCUT2D eigenvalue weighted by Crippen LogP contribution is 2.18. The Bertz CT molecular complexity index is 865. The van der Waals surface area contributed by atoms with Crippen LogP contribution in [0.5, 0.6) is 11.5 Å². The Morgan fingerprint density at radius 2 is 1.94 bits per heavy atom. The van der Waals surface area contributed by atoms with Gasteiger partial charge in [0, 0.05) is 44.9 Å². The number of aliphatic imine (C=N–C) groups is 1. The number of ether oxygens (including phenoxy) is 3. The number of rotatable bonds is 10.